The van der Waals surface area contributed by atoms with E-state index in [2.05, 4.69) is 36.2 Å². The molecule has 3 heterocycles. The fraction of sp³-hybridized carbons (Fsp3) is 0.391. The molecular weight excluding hydrogens is 380 g/mol. The van der Waals surface area contributed by atoms with Gasteiger partial charge in [-0.25, -0.2) is 4.68 Å². The Kier molecular flexibility index (Phi) is 6.11. The minimum absolute atomic E-state index is 0.0720. The Morgan fingerprint density at radius 2 is 1.97 bits per heavy atom. The molecule has 2 aromatic heterocycles. The van der Waals surface area contributed by atoms with Crippen molar-refractivity contribution >= 4 is 17.2 Å². The Labute approximate surface area is 176 Å². The highest BCUT2D eigenvalue weighted by molar-refractivity contribution is 7.13. The summed E-state index contributed by atoms with van der Waals surface area (Å²) >= 11 is 1.63. The van der Waals surface area contributed by atoms with Crippen molar-refractivity contribution < 1.29 is 4.79 Å². The van der Waals surface area contributed by atoms with Gasteiger partial charge in [0.25, 0.3) is 5.91 Å². The third kappa shape index (κ3) is 4.60. The summed E-state index contributed by atoms with van der Waals surface area (Å²) in [6.45, 7) is 7.97. The summed E-state index contributed by atoms with van der Waals surface area (Å²) in [4.78, 5) is 16.6. The number of benzene rings is 1. The van der Waals surface area contributed by atoms with Crippen molar-refractivity contribution in [1.82, 2.24) is 20.0 Å². The first-order chi connectivity index (χ1) is 14.1. The molecule has 0 saturated carbocycles. The summed E-state index contributed by atoms with van der Waals surface area (Å²) in [6.07, 6.45) is 3.85. The Balaban J connectivity index is 1.57. The van der Waals surface area contributed by atoms with E-state index < -0.39 is 0 Å². The van der Waals surface area contributed by atoms with Crippen LogP contribution in [0.5, 0.6) is 0 Å². The number of nitrogens with one attached hydrogen (secondary N) is 1. The second-order valence-electron chi connectivity index (χ2n) is 7.75. The van der Waals surface area contributed by atoms with E-state index in [0.29, 0.717) is 12.2 Å². The quantitative estimate of drug-likeness (QED) is 0.656. The highest BCUT2D eigenvalue weighted by Gasteiger charge is 2.19. The third-order valence-electron chi connectivity index (χ3n) is 5.46. The van der Waals surface area contributed by atoms with Crippen LogP contribution >= 0.6 is 11.3 Å². The van der Waals surface area contributed by atoms with Crippen LogP contribution in [0.1, 0.15) is 40.9 Å². The fourth-order valence-corrected chi connectivity index (χ4v) is 4.60. The molecule has 5 nitrogen and oxygen atoms in total. The van der Waals surface area contributed by atoms with Gasteiger partial charge in [0, 0.05) is 13.1 Å². The number of likely N-dealkylation sites (tertiary alicyclic amines) is 1. The van der Waals surface area contributed by atoms with Crippen LogP contribution in [0.3, 0.4) is 0 Å². The topological polar surface area (TPSA) is 50.2 Å². The van der Waals surface area contributed by atoms with Crippen molar-refractivity contribution in [3.63, 3.8) is 0 Å². The molecule has 1 N–H and O–H groups in total. The van der Waals surface area contributed by atoms with E-state index >= 15 is 0 Å². The van der Waals surface area contributed by atoms with Crippen LogP contribution in [-0.2, 0) is 0 Å². The average molecular weight is 409 g/mol. The molecular formula is C23H28N4OS. The van der Waals surface area contributed by atoms with Gasteiger partial charge in [0.2, 0.25) is 0 Å². The second-order valence-corrected chi connectivity index (χ2v) is 8.70. The molecule has 152 valence electrons. The third-order valence-corrected chi connectivity index (χ3v) is 6.35. The van der Waals surface area contributed by atoms with Crippen LogP contribution in [-0.4, -0.2) is 46.8 Å². The molecule has 0 unspecified atom stereocenters. The maximum absolute atomic E-state index is 13.1. The zero-order valence-corrected chi connectivity index (χ0v) is 18.0. The maximum Gasteiger partial charge on any atom is 0.270 e. The Bertz CT molecular complexity index is 971. The van der Waals surface area contributed by atoms with Crippen LogP contribution in [0.25, 0.3) is 16.3 Å². The molecule has 0 aliphatic carbocycles. The van der Waals surface area contributed by atoms with Crippen molar-refractivity contribution in [3.8, 4) is 16.3 Å². The van der Waals surface area contributed by atoms with Crippen LogP contribution in [0.4, 0.5) is 0 Å². The molecule has 29 heavy (non-hydrogen) atoms. The van der Waals surface area contributed by atoms with E-state index in [9.17, 15) is 4.79 Å². The van der Waals surface area contributed by atoms with Crippen molar-refractivity contribution in [2.24, 2.45) is 0 Å². The summed E-state index contributed by atoms with van der Waals surface area (Å²) in [5, 5.41) is 9.93. The zero-order valence-electron chi connectivity index (χ0n) is 17.1. The number of piperidine rings is 1. The van der Waals surface area contributed by atoms with Gasteiger partial charge >= 0.3 is 0 Å². The minimum atomic E-state index is -0.0720. The van der Waals surface area contributed by atoms with Gasteiger partial charge in [0.1, 0.15) is 11.4 Å². The molecule has 1 aromatic carbocycles. The summed E-state index contributed by atoms with van der Waals surface area (Å²) < 4.78 is 1.79. The minimum Gasteiger partial charge on any atom is -0.349 e. The first-order valence-corrected chi connectivity index (χ1v) is 11.2. The molecule has 6 heteroatoms. The number of hydrogen-bond donors (Lipinski definition) is 1. The molecule has 1 fully saturated rings. The van der Waals surface area contributed by atoms with Crippen molar-refractivity contribution in [2.45, 2.75) is 33.1 Å². The first-order valence-electron chi connectivity index (χ1n) is 10.3. The number of carbonyl (C=O) groups excluding carboxylic acids is 1. The van der Waals surface area contributed by atoms with E-state index in [-0.39, 0.29) is 5.91 Å². The lowest BCUT2D eigenvalue weighted by atomic mass is 10.1. The van der Waals surface area contributed by atoms with E-state index in [0.717, 1.165) is 41.5 Å². The smallest absolute Gasteiger partial charge is 0.270 e. The molecule has 0 spiro atoms. The van der Waals surface area contributed by atoms with Gasteiger partial charge in [-0.2, -0.15) is 5.10 Å². The molecule has 0 radical (unpaired) electrons. The van der Waals surface area contributed by atoms with Gasteiger partial charge in [-0.3, -0.25) is 4.79 Å². The number of hydrogen-bond acceptors (Lipinski definition) is 4. The van der Waals surface area contributed by atoms with Gasteiger partial charge in [-0.1, -0.05) is 30.2 Å². The molecule has 1 aliphatic heterocycles. The summed E-state index contributed by atoms with van der Waals surface area (Å²) in [6, 6.07) is 12.2. The summed E-state index contributed by atoms with van der Waals surface area (Å²) in [7, 11) is 0. The predicted octanol–water partition coefficient (Wildman–Crippen LogP) is 4.43. The van der Waals surface area contributed by atoms with E-state index in [1.807, 2.05) is 29.6 Å². The number of aromatic nitrogens is 2. The lowest BCUT2D eigenvalue weighted by Gasteiger charge is -2.26. The zero-order chi connectivity index (χ0) is 20.2. The Morgan fingerprint density at radius 1 is 1.14 bits per heavy atom. The standard InChI is InChI=1S/C23H28N4OS/c1-17-8-9-20(18(2)15-17)27-21(16-19(25-27)22-7-6-14-29-22)23(28)24-10-13-26-11-4-3-5-12-26/h6-9,14-16H,3-5,10-13H2,1-2H3,(H,24,28). The number of carbonyl (C=O) groups is 1. The number of thiophene rings is 1. The van der Waals surface area contributed by atoms with E-state index in [1.165, 1.54) is 24.8 Å². The van der Waals surface area contributed by atoms with Crippen LogP contribution < -0.4 is 5.32 Å². The molecule has 0 atom stereocenters. The summed E-state index contributed by atoms with van der Waals surface area (Å²) in [5.41, 5.74) is 4.66. The Hall–Kier alpha value is -2.44. The Morgan fingerprint density at radius 3 is 2.69 bits per heavy atom. The normalized spacial score (nSPS) is 14.8. The number of aryl methyl sites for hydroxylation is 2. The van der Waals surface area contributed by atoms with Gasteiger partial charge in [-0.05, 0) is 68.9 Å². The lowest BCUT2D eigenvalue weighted by Crippen LogP contribution is -2.38. The van der Waals surface area contributed by atoms with Crippen LogP contribution in [0, 0.1) is 13.8 Å². The highest BCUT2D eigenvalue weighted by atomic mass is 32.1. The maximum atomic E-state index is 13.1. The van der Waals surface area contributed by atoms with E-state index in [1.54, 1.807) is 16.0 Å². The second kappa shape index (κ2) is 8.93. The molecule has 1 aliphatic rings. The van der Waals surface area contributed by atoms with Gasteiger partial charge in [0.05, 0.1) is 10.6 Å². The molecule has 1 amide bonds. The lowest BCUT2D eigenvalue weighted by molar-refractivity contribution is 0.0939. The van der Waals surface area contributed by atoms with Crippen molar-refractivity contribution in [2.75, 3.05) is 26.2 Å². The number of rotatable bonds is 6. The van der Waals surface area contributed by atoms with Gasteiger partial charge in [0.15, 0.2) is 0 Å². The first kappa shape index (κ1) is 19.9. The summed E-state index contributed by atoms with van der Waals surface area (Å²) in [5.74, 6) is -0.0720. The predicted molar refractivity (Wildman–Crippen MR) is 119 cm³/mol. The van der Waals surface area contributed by atoms with Crippen molar-refractivity contribution in [3.05, 3.63) is 58.6 Å². The van der Waals surface area contributed by atoms with Crippen molar-refractivity contribution in [1.29, 1.82) is 0 Å². The van der Waals surface area contributed by atoms with Gasteiger partial charge in [-0.15, -0.1) is 11.3 Å². The number of amides is 1. The molecule has 1 saturated heterocycles. The number of nitrogens with zero attached hydrogens (tertiary/aromatic N) is 3. The van der Waals surface area contributed by atoms with E-state index in [4.69, 9.17) is 5.10 Å². The van der Waals surface area contributed by atoms with Gasteiger partial charge < -0.3 is 10.2 Å². The monoisotopic (exact) mass is 408 g/mol. The highest BCUT2D eigenvalue weighted by Crippen LogP contribution is 2.27. The fourth-order valence-electron chi connectivity index (χ4n) is 3.92. The largest absolute Gasteiger partial charge is 0.349 e. The average Bonchev–Trinajstić information content (AvgIpc) is 3.39. The van der Waals surface area contributed by atoms with Crippen LogP contribution in [0.2, 0.25) is 0 Å². The molecule has 3 aromatic rings. The van der Waals surface area contributed by atoms with Crippen LogP contribution in [0.15, 0.2) is 41.8 Å². The SMILES string of the molecule is Cc1ccc(-n2nc(-c3cccs3)cc2C(=O)NCCN2CCCCC2)c(C)c1. The molecule has 4 rings (SSSR count). The molecule has 0 bridgehead atoms.